The second kappa shape index (κ2) is 8.19. The lowest BCUT2D eigenvalue weighted by molar-refractivity contribution is -0.0441. The van der Waals surface area contributed by atoms with Gasteiger partial charge in [-0.3, -0.25) is 0 Å². The molecule has 1 aromatic carbocycles. The van der Waals surface area contributed by atoms with Crippen LogP contribution in [0, 0.1) is 0 Å². The average molecular weight is 363 g/mol. The predicted molar refractivity (Wildman–Crippen MR) is 88.3 cm³/mol. The Bertz CT molecular complexity index is 753. The first-order chi connectivity index (χ1) is 12.2. The van der Waals surface area contributed by atoms with E-state index in [9.17, 15) is 9.59 Å². The molecule has 2 heterocycles. The molecule has 1 fully saturated rings. The van der Waals surface area contributed by atoms with Gasteiger partial charge in [0.2, 0.25) is 5.01 Å². The smallest absolute Gasteiger partial charge is 0.367 e. The first kappa shape index (κ1) is 17.5. The summed E-state index contributed by atoms with van der Waals surface area (Å²) in [4.78, 5) is 27.9. The summed E-state index contributed by atoms with van der Waals surface area (Å²) >= 11 is 1.15. The SMILES string of the molecule is CCOC(=O)c1nc(COC(=O)c2cccc(C3OCCO3)c2)cs1. The zero-order chi connectivity index (χ0) is 17.6. The van der Waals surface area contributed by atoms with Crippen LogP contribution in [0.3, 0.4) is 0 Å². The van der Waals surface area contributed by atoms with Gasteiger partial charge >= 0.3 is 11.9 Å². The highest BCUT2D eigenvalue weighted by atomic mass is 32.1. The minimum Gasteiger partial charge on any atom is -0.461 e. The highest BCUT2D eigenvalue weighted by Gasteiger charge is 2.20. The molecule has 8 heteroatoms. The van der Waals surface area contributed by atoms with Crippen molar-refractivity contribution in [3.63, 3.8) is 0 Å². The van der Waals surface area contributed by atoms with Crippen molar-refractivity contribution in [2.24, 2.45) is 0 Å². The lowest BCUT2D eigenvalue weighted by Crippen LogP contribution is -2.08. The summed E-state index contributed by atoms with van der Waals surface area (Å²) in [6, 6.07) is 6.92. The van der Waals surface area contributed by atoms with Gasteiger partial charge in [-0.25, -0.2) is 14.6 Å². The van der Waals surface area contributed by atoms with Gasteiger partial charge in [-0.15, -0.1) is 11.3 Å². The monoisotopic (exact) mass is 363 g/mol. The fourth-order valence-corrected chi connectivity index (χ4v) is 2.94. The fourth-order valence-electron chi connectivity index (χ4n) is 2.25. The molecule has 132 valence electrons. The molecule has 1 saturated heterocycles. The maximum atomic E-state index is 12.2. The normalized spacial score (nSPS) is 14.4. The topological polar surface area (TPSA) is 84.0 Å². The molecule has 0 radical (unpaired) electrons. The summed E-state index contributed by atoms with van der Waals surface area (Å²) < 4.78 is 21.0. The van der Waals surface area contributed by atoms with E-state index in [1.165, 1.54) is 0 Å². The molecule has 25 heavy (non-hydrogen) atoms. The maximum Gasteiger partial charge on any atom is 0.367 e. The number of nitrogens with zero attached hydrogens (tertiary/aromatic N) is 1. The van der Waals surface area contributed by atoms with Crippen LogP contribution in [0.1, 0.15) is 44.6 Å². The number of esters is 2. The zero-order valence-electron chi connectivity index (χ0n) is 13.6. The van der Waals surface area contributed by atoms with Crippen molar-refractivity contribution in [2.45, 2.75) is 19.8 Å². The highest BCUT2D eigenvalue weighted by molar-refractivity contribution is 7.11. The van der Waals surface area contributed by atoms with E-state index in [0.717, 1.165) is 16.9 Å². The maximum absolute atomic E-state index is 12.2. The average Bonchev–Trinajstić information content (AvgIpc) is 3.32. The number of hydrogen-bond acceptors (Lipinski definition) is 8. The summed E-state index contributed by atoms with van der Waals surface area (Å²) in [7, 11) is 0. The number of carbonyl (C=O) groups is 2. The van der Waals surface area contributed by atoms with Gasteiger partial charge in [-0.2, -0.15) is 0 Å². The Hall–Kier alpha value is -2.29. The summed E-state index contributed by atoms with van der Waals surface area (Å²) in [6.45, 7) is 3.06. The first-order valence-electron chi connectivity index (χ1n) is 7.79. The van der Waals surface area contributed by atoms with Crippen LogP contribution in [0.5, 0.6) is 0 Å². The molecule has 0 amide bonds. The minimum absolute atomic E-state index is 0.0185. The molecule has 1 aliphatic heterocycles. The van der Waals surface area contributed by atoms with E-state index >= 15 is 0 Å². The zero-order valence-corrected chi connectivity index (χ0v) is 14.4. The van der Waals surface area contributed by atoms with Crippen LogP contribution in [-0.2, 0) is 25.6 Å². The molecule has 2 aromatic rings. The fraction of sp³-hybridized carbons (Fsp3) is 0.353. The van der Waals surface area contributed by atoms with Crippen LogP contribution in [0.15, 0.2) is 29.6 Å². The van der Waals surface area contributed by atoms with Gasteiger partial charge in [0.05, 0.1) is 31.1 Å². The van der Waals surface area contributed by atoms with Crippen molar-refractivity contribution in [3.8, 4) is 0 Å². The number of thiazole rings is 1. The summed E-state index contributed by atoms with van der Waals surface area (Å²) in [5.74, 6) is -0.958. The molecule has 0 unspecified atom stereocenters. The lowest BCUT2D eigenvalue weighted by Gasteiger charge is -2.10. The van der Waals surface area contributed by atoms with Crippen molar-refractivity contribution >= 4 is 23.3 Å². The van der Waals surface area contributed by atoms with E-state index in [1.54, 1.807) is 30.5 Å². The van der Waals surface area contributed by atoms with E-state index in [4.69, 9.17) is 18.9 Å². The molecule has 1 aliphatic rings. The third kappa shape index (κ3) is 4.41. The van der Waals surface area contributed by atoms with Crippen LogP contribution in [0.4, 0.5) is 0 Å². The molecule has 0 saturated carbocycles. The predicted octanol–water partition coefficient (Wildman–Crippen LogP) is 2.72. The van der Waals surface area contributed by atoms with E-state index in [-0.39, 0.29) is 18.2 Å². The molecule has 3 rings (SSSR count). The second-order valence-corrected chi connectivity index (χ2v) is 6.00. The van der Waals surface area contributed by atoms with E-state index in [2.05, 4.69) is 4.98 Å². The molecule has 0 atom stereocenters. The molecule has 7 nitrogen and oxygen atoms in total. The minimum atomic E-state index is -0.481. The lowest BCUT2D eigenvalue weighted by atomic mass is 10.1. The van der Waals surface area contributed by atoms with E-state index < -0.39 is 18.2 Å². The number of benzene rings is 1. The Morgan fingerprint density at radius 2 is 2.04 bits per heavy atom. The van der Waals surface area contributed by atoms with Gasteiger partial charge in [-0.05, 0) is 19.1 Å². The van der Waals surface area contributed by atoms with Gasteiger partial charge in [0.25, 0.3) is 0 Å². The number of hydrogen-bond donors (Lipinski definition) is 0. The van der Waals surface area contributed by atoms with Gasteiger partial charge in [0.1, 0.15) is 6.61 Å². The molecule has 0 bridgehead atoms. The third-order valence-electron chi connectivity index (χ3n) is 3.37. The van der Waals surface area contributed by atoms with Crippen molar-refractivity contribution in [3.05, 3.63) is 51.5 Å². The first-order valence-corrected chi connectivity index (χ1v) is 8.67. The van der Waals surface area contributed by atoms with Crippen LogP contribution in [0.25, 0.3) is 0 Å². The van der Waals surface area contributed by atoms with E-state index in [0.29, 0.717) is 24.5 Å². The Morgan fingerprint density at radius 3 is 2.80 bits per heavy atom. The summed E-state index contributed by atoms with van der Waals surface area (Å²) in [6.07, 6.45) is -0.446. The molecular weight excluding hydrogens is 346 g/mol. The van der Waals surface area contributed by atoms with Gasteiger partial charge in [-0.1, -0.05) is 12.1 Å². The standard InChI is InChI=1S/C17H17NO6S/c1-2-21-16(20)14-18-13(10-25-14)9-24-15(19)11-4-3-5-12(8-11)17-22-6-7-23-17/h3-5,8,10,17H,2,6-7,9H2,1H3. The van der Waals surface area contributed by atoms with Crippen molar-refractivity contribution in [1.29, 1.82) is 0 Å². The van der Waals surface area contributed by atoms with Crippen LogP contribution < -0.4 is 0 Å². The number of aromatic nitrogens is 1. The Balaban J connectivity index is 1.59. The number of carbonyl (C=O) groups excluding carboxylic acids is 2. The third-order valence-corrected chi connectivity index (χ3v) is 4.24. The van der Waals surface area contributed by atoms with Crippen LogP contribution >= 0.6 is 11.3 Å². The number of rotatable bonds is 6. The van der Waals surface area contributed by atoms with E-state index in [1.807, 2.05) is 6.07 Å². The van der Waals surface area contributed by atoms with Crippen LogP contribution in [-0.4, -0.2) is 36.7 Å². The van der Waals surface area contributed by atoms with Gasteiger partial charge in [0, 0.05) is 10.9 Å². The summed E-state index contributed by atoms with van der Waals surface area (Å²) in [5.41, 5.74) is 1.67. The Kier molecular flexibility index (Phi) is 5.75. The Morgan fingerprint density at radius 1 is 1.24 bits per heavy atom. The quantitative estimate of drug-likeness (QED) is 0.730. The van der Waals surface area contributed by atoms with Gasteiger partial charge < -0.3 is 18.9 Å². The Labute approximate surface area is 148 Å². The van der Waals surface area contributed by atoms with Crippen LogP contribution in [0.2, 0.25) is 0 Å². The van der Waals surface area contributed by atoms with Crippen molar-refractivity contribution in [1.82, 2.24) is 4.98 Å². The van der Waals surface area contributed by atoms with Crippen molar-refractivity contribution in [2.75, 3.05) is 19.8 Å². The molecule has 1 aromatic heterocycles. The highest BCUT2D eigenvalue weighted by Crippen LogP contribution is 2.24. The molecule has 0 aliphatic carbocycles. The van der Waals surface area contributed by atoms with Crippen molar-refractivity contribution < 1.29 is 28.5 Å². The largest absolute Gasteiger partial charge is 0.461 e. The second-order valence-electron chi connectivity index (χ2n) is 5.14. The molecule has 0 N–H and O–H groups in total. The summed E-state index contributed by atoms with van der Waals surface area (Å²) in [5, 5.41) is 1.90. The number of ether oxygens (including phenoxy) is 4. The molecule has 0 spiro atoms. The van der Waals surface area contributed by atoms with Gasteiger partial charge in [0.15, 0.2) is 6.29 Å². The molecular formula is C17H17NO6S.